The third-order valence-electron chi connectivity index (χ3n) is 5.89. The molecule has 0 amide bonds. The molecule has 0 bridgehead atoms. The van der Waals surface area contributed by atoms with E-state index in [0.29, 0.717) is 10.9 Å². The molecule has 0 spiro atoms. The van der Waals surface area contributed by atoms with Gasteiger partial charge in [0.25, 0.3) is 0 Å². The first-order valence-corrected chi connectivity index (χ1v) is 10.6. The maximum Gasteiger partial charge on any atom is 0.197 e. The van der Waals surface area contributed by atoms with Gasteiger partial charge in [0.15, 0.2) is 5.43 Å². The number of hydrogen-bond donors (Lipinski definition) is 1. The highest BCUT2D eigenvalue weighted by atomic mass is 16.5. The van der Waals surface area contributed by atoms with Gasteiger partial charge < -0.3 is 14.6 Å². The van der Waals surface area contributed by atoms with Gasteiger partial charge in [-0.3, -0.25) is 9.48 Å². The number of ether oxygens (including phenoxy) is 1. The van der Waals surface area contributed by atoms with Crippen LogP contribution in [0.2, 0.25) is 0 Å². The summed E-state index contributed by atoms with van der Waals surface area (Å²) >= 11 is 0. The van der Waals surface area contributed by atoms with Crippen molar-refractivity contribution in [3.63, 3.8) is 0 Å². The van der Waals surface area contributed by atoms with E-state index in [4.69, 9.17) is 4.74 Å². The van der Waals surface area contributed by atoms with E-state index < -0.39 is 0 Å². The van der Waals surface area contributed by atoms with Gasteiger partial charge in [0.1, 0.15) is 0 Å². The van der Waals surface area contributed by atoms with Crippen molar-refractivity contribution >= 4 is 16.6 Å². The average molecular weight is 415 g/mol. The van der Waals surface area contributed by atoms with E-state index in [1.165, 1.54) is 0 Å². The Morgan fingerprint density at radius 1 is 1.00 bits per heavy atom. The minimum Gasteiger partial charge on any atom is -0.372 e. The van der Waals surface area contributed by atoms with Crippen molar-refractivity contribution in [2.45, 2.75) is 26.1 Å². The maximum absolute atomic E-state index is 13.3. The lowest BCUT2D eigenvalue weighted by atomic mass is 10.0. The van der Waals surface area contributed by atoms with Gasteiger partial charge in [0, 0.05) is 60.3 Å². The molecule has 6 heteroatoms. The number of hydrogen-bond acceptors (Lipinski definition) is 4. The summed E-state index contributed by atoms with van der Waals surface area (Å²) in [7, 11) is 1.89. The van der Waals surface area contributed by atoms with Crippen LogP contribution in [0.3, 0.4) is 0 Å². The predicted octanol–water partition coefficient (Wildman–Crippen LogP) is 4.21. The zero-order valence-corrected chi connectivity index (χ0v) is 18.0. The molecule has 1 aliphatic rings. The second-order valence-corrected chi connectivity index (χ2v) is 8.37. The summed E-state index contributed by atoms with van der Waals surface area (Å²) < 4.78 is 7.60. The molecule has 0 aliphatic carbocycles. The molecule has 6 nitrogen and oxygen atoms in total. The molecular weight excluding hydrogens is 388 g/mol. The van der Waals surface area contributed by atoms with Gasteiger partial charge in [0.05, 0.1) is 23.9 Å². The quantitative estimate of drug-likeness (QED) is 0.546. The molecule has 2 unspecified atom stereocenters. The highest BCUT2D eigenvalue weighted by molar-refractivity contribution is 5.95. The van der Waals surface area contributed by atoms with E-state index in [2.05, 4.69) is 41.0 Å². The third-order valence-corrected chi connectivity index (χ3v) is 5.89. The summed E-state index contributed by atoms with van der Waals surface area (Å²) in [6, 6.07) is 14.1. The standard InChI is InChI=1S/C25H26N4O2/c1-16-13-29(14-17(2)31-16)20-9-7-18(8-10-20)23-12-26-24-21(19-11-27-28(3)15-19)5-4-6-22(24)25(23)30/h4-12,15-17H,13-14H2,1-3H3,(H,26,30). The largest absolute Gasteiger partial charge is 0.372 e. The van der Waals surface area contributed by atoms with E-state index in [1.807, 2.05) is 56.0 Å². The Balaban J connectivity index is 1.51. The van der Waals surface area contributed by atoms with E-state index in [0.717, 1.165) is 41.0 Å². The van der Waals surface area contributed by atoms with E-state index in [9.17, 15) is 4.79 Å². The van der Waals surface area contributed by atoms with Gasteiger partial charge in [0.2, 0.25) is 0 Å². The van der Waals surface area contributed by atoms with Crippen molar-refractivity contribution in [1.29, 1.82) is 0 Å². The number of nitrogens with zero attached hydrogens (tertiary/aromatic N) is 3. The highest BCUT2D eigenvalue weighted by Gasteiger charge is 2.22. The van der Waals surface area contributed by atoms with Crippen LogP contribution in [-0.2, 0) is 11.8 Å². The first-order valence-electron chi connectivity index (χ1n) is 10.6. The van der Waals surface area contributed by atoms with Crippen molar-refractivity contribution in [3.05, 3.63) is 71.3 Å². The Morgan fingerprint density at radius 3 is 2.42 bits per heavy atom. The molecule has 31 heavy (non-hydrogen) atoms. The Morgan fingerprint density at radius 2 is 1.74 bits per heavy atom. The number of aromatic amines is 1. The Labute approximate surface area is 181 Å². The summed E-state index contributed by atoms with van der Waals surface area (Å²) in [6.07, 6.45) is 6.00. The number of para-hydroxylation sites is 1. The number of aromatic nitrogens is 3. The van der Waals surface area contributed by atoms with Crippen LogP contribution in [0.5, 0.6) is 0 Å². The molecular formula is C25H26N4O2. The fraction of sp³-hybridized carbons (Fsp3) is 0.280. The Kier molecular flexibility index (Phi) is 4.87. The number of anilines is 1. The average Bonchev–Trinajstić information content (AvgIpc) is 3.19. The molecule has 2 aromatic carbocycles. The number of H-pyrrole nitrogens is 1. The minimum absolute atomic E-state index is 0.0286. The Bertz CT molecular complexity index is 1280. The summed E-state index contributed by atoms with van der Waals surface area (Å²) in [4.78, 5) is 19.0. The van der Waals surface area contributed by atoms with Crippen molar-refractivity contribution in [2.75, 3.05) is 18.0 Å². The SMILES string of the molecule is CC1CN(c2ccc(-c3c[nH]c4c(-c5cnn(C)c5)cccc4c3=O)cc2)CC(C)O1. The fourth-order valence-electron chi connectivity index (χ4n) is 4.51. The van der Waals surface area contributed by atoms with E-state index in [1.54, 1.807) is 4.68 Å². The number of aryl methyl sites for hydroxylation is 1. The van der Waals surface area contributed by atoms with Crippen LogP contribution in [0.1, 0.15) is 13.8 Å². The highest BCUT2D eigenvalue weighted by Crippen LogP contribution is 2.28. The zero-order chi connectivity index (χ0) is 21.5. The topological polar surface area (TPSA) is 63.2 Å². The summed E-state index contributed by atoms with van der Waals surface area (Å²) in [5, 5.41) is 4.94. The minimum atomic E-state index is 0.0286. The molecule has 1 N–H and O–H groups in total. The van der Waals surface area contributed by atoms with Crippen LogP contribution >= 0.6 is 0 Å². The molecule has 4 aromatic rings. The van der Waals surface area contributed by atoms with E-state index >= 15 is 0 Å². The zero-order valence-electron chi connectivity index (χ0n) is 18.0. The van der Waals surface area contributed by atoms with Crippen LogP contribution < -0.4 is 10.3 Å². The number of morpholine rings is 1. The number of rotatable bonds is 3. The lowest BCUT2D eigenvalue weighted by Gasteiger charge is -2.36. The second-order valence-electron chi connectivity index (χ2n) is 8.37. The van der Waals surface area contributed by atoms with Gasteiger partial charge in [-0.25, -0.2) is 0 Å². The lowest BCUT2D eigenvalue weighted by Crippen LogP contribution is -2.45. The number of nitrogens with one attached hydrogen (secondary N) is 1. The van der Waals surface area contributed by atoms with Gasteiger partial charge in [-0.2, -0.15) is 5.10 Å². The maximum atomic E-state index is 13.3. The Hall–Kier alpha value is -3.38. The smallest absolute Gasteiger partial charge is 0.197 e. The van der Waals surface area contributed by atoms with Crippen LogP contribution in [-0.4, -0.2) is 40.1 Å². The van der Waals surface area contributed by atoms with Gasteiger partial charge in [-0.1, -0.05) is 24.3 Å². The van der Waals surface area contributed by atoms with E-state index in [-0.39, 0.29) is 17.6 Å². The lowest BCUT2D eigenvalue weighted by molar-refractivity contribution is -0.00521. The molecule has 2 atom stereocenters. The van der Waals surface area contributed by atoms with Gasteiger partial charge >= 0.3 is 0 Å². The second kappa shape index (κ2) is 7.71. The monoisotopic (exact) mass is 414 g/mol. The first-order chi connectivity index (χ1) is 15.0. The van der Waals surface area contributed by atoms with Gasteiger partial charge in [-0.05, 0) is 37.6 Å². The number of fused-ring (bicyclic) bond motifs is 1. The molecule has 0 radical (unpaired) electrons. The normalized spacial score (nSPS) is 19.1. The number of benzene rings is 2. The summed E-state index contributed by atoms with van der Waals surface area (Å²) in [6.45, 7) is 5.95. The van der Waals surface area contributed by atoms with Crippen LogP contribution in [0, 0.1) is 0 Å². The fourth-order valence-corrected chi connectivity index (χ4v) is 4.51. The molecule has 2 aromatic heterocycles. The molecule has 3 heterocycles. The molecule has 158 valence electrons. The van der Waals surface area contributed by atoms with Crippen molar-refractivity contribution in [2.24, 2.45) is 7.05 Å². The third kappa shape index (κ3) is 3.64. The van der Waals surface area contributed by atoms with Crippen LogP contribution in [0.25, 0.3) is 33.2 Å². The van der Waals surface area contributed by atoms with Crippen molar-refractivity contribution < 1.29 is 4.74 Å². The predicted molar refractivity (Wildman–Crippen MR) is 124 cm³/mol. The van der Waals surface area contributed by atoms with Crippen LogP contribution in [0.4, 0.5) is 5.69 Å². The molecule has 1 fully saturated rings. The summed E-state index contributed by atoms with van der Waals surface area (Å²) in [5.41, 5.74) is 5.55. The first kappa shape index (κ1) is 19.6. The molecule has 1 saturated heterocycles. The molecule has 5 rings (SSSR count). The summed E-state index contributed by atoms with van der Waals surface area (Å²) in [5.74, 6) is 0. The van der Waals surface area contributed by atoms with Crippen molar-refractivity contribution in [3.8, 4) is 22.3 Å². The van der Waals surface area contributed by atoms with Crippen LogP contribution in [0.15, 0.2) is 65.8 Å². The molecule has 1 aliphatic heterocycles. The number of pyridine rings is 1. The van der Waals surface area contributed by atoms with Gasteiger partial charge in [-0.15, -0.1) is 0 Å². The van der Waals surface area contributed by atoms with Crippen molar-refractivity contribution in [1.82, 2.24) is 14.8 Å². The molecule has 0 saturated carbocycles.